The number of hydrogen-bond donors (Lipinski definition) is 1. The molecule has 0 aliphatic rings. The first-order valence-electron chi connectivity index (χ1n) is 3.64. The smallest absolute Gasteiger partial charge is 0.206 e. The largest absolute Gasteiger partial charge is 0.350 e. The lowest BCUT2D eigenvalue weighted by Gasteiger charge is -2.26. The Bertz CT molecular complexity index is 251. The normalized spacial score (nSPS) is 17.4. The third-order valence-corrected chi connectivity index (χ3v) is 3.53. The number of nitrogens with one attached hydrogen (secondary N) is 1. The lowest BCUT2D eigenvalue weighted by molar-refractivity contribution is 0.229. The van der Waals surface area contributed by atoms with E-state index in [1.807, 2.05) is 4.72 Å². The fraction of sp³-hybridized carbons (Fsp3) is 1.00. The van der Waals surface area contributed by atoms with Crippen LogP contribution in [-0.2, 0) is 10.0 Å². The first kappa shape index (κ1) is 13.1. The van der Waals surface area contributed by atoms with Gasteiger partial charge in [-0.2, -0.15) is 8.78 Å². The Morgan fingerprint density at radius 3 is 2.23 bits per heavy atom. The van der Waals surface area contributed by atoms with Gasteiger partial charge in [0.2, 0.25) is 0 Å². The van der Waals surface area contributed by atoms with E-state index in [0.717, 1.165) is 0 Å². The minimum atomic E-state index is -4.55. The molecule has 0 amide bonds. The molecule has 0 rings (SSSR count). The molecule has 0 heterocycles. The second kappa shape index (κ2) is 4.52. The Labute approximate surface area is 81.5 Å². The van der Waals surface area contributed by atoms with E-state index >= 15 is 0 Å². The van der Waals surface area contributed by atoms with Gasteiger partial charge in [-0.05, 0) is 13.3 Å². The van der Waals surface area contributed by atoms with Crippen LogP contribution in [0.2, 0.25) is 0 Å². The first-order valence-corrected chi connectivity index (χ1v) is 5.72. The summed E-state index contributed by atoms with van der Waals surface area (Å²) < 4.78 is 47.2. The molecular formula is C6H12ClF2NO2S. The summed E-state index contributed by atoms with van der Waals surface area (Å²) >= 11 is 5.45. The molecule has 0 radical (unpaired) electrons. The molecule has 0 saturated heterocycles. The topological polar surface area (TPSA) is 46.2 Å². The van der Waals surface area contributed by atoms with E-state index in [-0.39, 0.29) is 5.88 Å². The van der Waals surface area contributed by atoms with E-state index < -0.39 is 21.3 Å². The molecule has 13 heavy (non-hydrogen) atoms. The molecule has 1 atom stereocenters. The predicted octanol–water partition coefficient (Wildman–Crippen LogP) is 1.54. The van der Waals surface area contributed by atoms with Crippen molar-refractivity contribution in [3.63, 3.8) is 0 Å². The van der Waals surface area contributed by atoms with Crippen molar-refractivity contribution in [2.45, 2.75) is 31.6 Å². The standard InChI is InChI=1S/C6H12ClF2NO2S/c1-3-6(2,4-7)10-13(11,12)5(8)9/h5,10H,3-4H2,1-2H3. The molecule has 0 bridgehead atoms. The molecule has 80 valence electrons. The summed E-state index contributed by atoms with van der Waals surface area (Å²) in [5.41, 5.74) is -1.00. The number of rotatable bonds is 5. The van der Waals surface area contributed by atoms with E-state index in [4.69, 9.17) is 11.6 Å². The minimum absolute atomic E-state index is 0.0462. The quantitative estimate of drug-likeness (QED) is 0.735. The molecule has 0 aliphatic heterocycles. The summed E-state index contributed by atoms with van der Waals surface area (Å²) in [7, 11) is -4.55. The lowest BCUT2D eigenvalue weighted by atomic mass is 10.0. The molecule has 0 saturated carbocycles. The fourth-order valence-corrected chi connectivity index (χ4v) is 1.91. The zero-order valence-corrected chi connectivity index (χ0v) is 8.92. The molecule has 3 nitrogen and oxygen atoms in total. The molecule has 0 aromatic heterocycles. The van der Waals surface area contributed by atoms with Crippen molar-refractivity contribution in [2.24, 2.45) is 0 Å². The molecule has 1 unspecified atom stereocenters. The highest BCUT2D eigenvalue weighted by Crippen LogP contribution is 2.15. The van der Waals surface area contributed by atoms with Gasteiger partial charge in [0.1, 0.15) is 0 Å². The Morgan fingerprint density at radius 2 is 2.00 bits per heavy atom. The lowest BCUT2D eigenvalue weighted by Crippen LogP contribution is -2.48. The fourth-order valence-electron chi connectivity index (χ4n) is 0.582. The van der Waals surface area contributed by atoms with Gasteiger partial charge in [0.15, 0.2) is 0 Å². The highest BCUT2D eigenvalue weighted by Gasteiger charge is 2.32. The highest BCUT2D eigenvalue weighted by atomic mass is 35.5. The Kier molecular flexibility index (Phi) is 4.54. The van der Waals surface area contributed by atoms with Crippen LogP contribution in [0.25, 0.3) is 0 Å². The zero-order valence-electron chi connectivity index (χ0n) is 7.35. The van der Waals surface area contributed by atoms with Gasteiger partial charge < -0.3 is 0 Å². The van der Waals surface area contributed by atoms with Crippen LogP contribution in [0.5, 0.6) is 0 Å². The van der Waals surface area contributed by atoms with Crippen molar-refractivity contribution < 1.29 is 17.2 Å². The first-order chi connectivity index (χ1) is 5.77. The van der Waals surface area contributed by atoms with E-state index in [9.17, 15) is 17.2 Å². The van der Waals surface area contributed by atoms with Crippen LogP contribution in [0.1, 0.15) is 20.3 Å². The minimum Gasteiger partial charge on any atom is -0.206 e. The van der Waals surface area contributed by atoms with Crippen molar-refractivity contribution in [1.29, 1.82) is 0 Å². The van der Waals surface area contributed by atoms with Gasteiger partial charge in [-0.3, -0.25) is 0 Å². The number of hydrogen-bond acceptors (Lipinski definition) is 2. The molecule has 0 aliphatic carbocycles. The third-order valence-electron chi connectivity index (χ3n) is 1.70. The van der Waals surface area contributed by atoms with Crippen molar-refractivity contribution in [2.75, 3.05) is 5.88 Å². The second-order valence-electron chi connectivity index (χ2n) is 2.96. The van der Waals surface area contributed by atoms with Crippen LogP contribution >= 0.6 is 11.6 Å². The molecule has 7 heteroatoms. The van der Waals surface area contributed by atoms with Crippen LogP contribution in [0.15, 0.2) is 0 Å². The summed E-state index contributed by atoms with van der Waals surface area (Å²) in [6, 6.07) is 0. The van der Waals surface area contributed by atoms with Crippen molar-refractivity contribution in [1.82, 2.24) is 4.72 Å². The van der Waals surface area contributed by atoms with E-state index in [2.05, 4.69) is 0 Å². The molecular weight excluding hydrogens is 224 g/mol. The molecule has 0 aromatic carbocycles. The maximum Gasteiger partial charge on any atom is 0.350 e. The maximum absolute atomic E-state index is 11.9. The van der Waals surface area contributed by atoms with Crippen molar-refractivity contribution in [3.8, 4) is 0 Å². The monoisotopic (exact) mass is 235 g/mol. The molecule has 0 aromatic rings. The highest BCUT2D eigenvalue weighted by molar-refractivity contribution is 7.89. The molecule has 1 N–H and O–H groups in total. The number of sulfonamides is 1. The van der Waals surface area contributed by atoms with Crippen LogP contribution in [-0.4, -0.2) is 25.6 Å². The summed E-state index contributed by atoms with van der Waals surface area (Å²) in [4.78, 5) is 0. The summed E-state index contributed by atoms with van der Waals surface area (Å²) in [6.45, 7) is 3.14. The van der Waals surface area contributed by atoms with Gasteiger partial charge in [0.25, 0.3) is 10.0 Å². The van der Waals surface area contributed by atoms with Crippen LogP contribution in [0.3, 0.4) is 0 Å². The Balaban J connectivity index is 4.60. The van der Waals surface area contributed by atoms with Crippen LogP contribution < -0.4 is 4.72 Å². The SMILES string of the molecule is CCC(C)(CCl)NS(=O)(=O)C(F)F. The van der Waals surface area contributed by atoms with Gasteiger partial charge in [0, 0.05) is 11.4 Å². The van der Waals surface area contributed by atoms with Gasteiger partial charge in [-0.25, -0.2) is 13.1 Å². The van der Waals surface area contributed by atoms with E-state index in [0.29, 0.717) is 6.42 Å². The van der Waals surface area contributed by atoms with Gasteiger partial charge in [0.05, 0.1) is 0 Å². The van der Waals surface area contributed by atoms with Crippen LogP contribution in [0.4, 0.5) is 8.78 Å². The molecule has 0 spiro atoms. The average Bonchev–Trinajstić information content (AvgIpc) is 2.03. The second-order valence-corrected chi connectivity index (χ2v) is 4.87. The number of alkyl halides is 3. The Hall–Kier alpha value is 0.0600. The number of halogens is 3. The van der Waals surface area contributed by atoms with E-state index in [1.54, 1.807) is 6.92 Å². The predicted molar refractivity (Wildman–Crippen MR) is 47.5 cm³/mol. The van der Waals surface area contributed by atoms with Crippen molar-refractivity contribution in [3.05, 3.63) is 0 Å². The maximum atomic E-state index is 11.9. The molecule has 0 fully saturated rings. The average molecular weight is 236 g/mol. The van der Waals surface area contributed by atoms with Gasteiger partial charge >= 0.3 is 5.76 Å². The van der Waals surface area contributed by atoms with Crippen molar-refractivity contribution >= 4 is 21.6 Å². The van der Waals surface area contributed by atoms with Crippen LogP contribution in [0, 0.1) is 0 Å². The van der Waals surface area contributed by atoms with Gasteiger partial charge in [-0.15, -0.1) is 11.6 Å². The summed E-state index contributed by atoms with van der Waals surface area (Å²) in [5, 5.41) is 0. The van der Waals surface area contributed by atoms with Gasteiger partial charge in [-0.1, -0.05) is 6.92 Å². The summed E-state index contributed by atoms with van der Waals surface area (Å²) in [6.07, 6.45) is 0.350. The third kappa shape index (κ3) is 3.74. The summed E-state index contributed by atoms with van der Waals surface area (Å²) in [5.74, 6) is -3.46. The van der Waals surface area contributed by atoms with E-state index in [1.165, 1.54) is 6.92 Å². The zero-order chi connectivity index (χ0) is 10.7. The Morgan fingerprint density at radius 1 is 1.54 bits per heavy atom.